The summed E-state index contributed by atoms with van der Waals surface area (Å²) in [5.41, 5.74) is 1.48. The predicted molar refractivity (Wildman–Crippen MR) is 235 cm³/mol. The first-order valence-corrected chi connectivity index (χ1v) is 24.0. The predicted octanol–water partition coefficient (Wildman–Crippen LogP) is 8.11. The van der Waals surface area contributed by atoms with Crippen LogP contribution in [0.4, 0.5) is 13.6 Å². The van der Waals surface area contributed by atoms with E-state index in [1.54, 1.807) is 20.8 Å². The van der Waals surface area contributed by atoms with E-state index in [4.69, 9.17) is 9.47 Å². The number of aromatic nitrogens is 1. The largest absolute Gasteiger partial charge is 0.480 e. The first-order valence-electron chi connectivity index (χ1n) is 19.8. The Bertz CT molecular complexity index is 1840. The van der Waals surface area contributed by atoms with Crippen LogP contribution in [-0.2, 0) is 30.4 Å². The summed E-state index contributed by atoms with van der Waals surface area (Å²) in [7, 11) is -0.815. The van der Waals surface area contributed by atoms with Gasteiger partial charge in [-0.2, -0.15) is 11.8 Å². The van der Waals surface area contributed by atoms with E-state index in [0.717, 1.165) is 29.1 Å². The van der Waals surface area contributed by atoms with Crippen molar-refractivity contribution in [1.29, 1.82) is 0 Å². The van der Waals surface area contributed by atoms with Gasteiger partial charge in [-0.15, -0.1) is 0 Å². The maximum absolute atomic E-state index is 15.2. The van der Waals surface area contributed by atoms with Gasteiger partial charge < -0.3 is 29.8 Å². The molecule has 1 heterocycles. The summed E-state index contributed by atoms with van der Waals surface area (Å²) in [5, 5.41) is 15.3. The van der Waals surface area contributed by atoms with E-state index in [1.165, 1.54) is 17.8 Å². The molecule has 3 rings (SSSR count). The number of aliphatic carboxylic acids is 1. The van der Waals surface area contributed by atoms with E-state index >= 15 is 4.39 Å². The molecule has 0 aliphatic rings. The Hall–Kier alpha value is -4.08. The quantitative estimate of drug-likeness (QED) is 0.0676. The van der Waals surface area contributed by atoms with Crippen molar-refractivity contribution in [2.45, 2.75) is 85.0 Å². The molecule has 0 radical (unpaired) electrons. The Balaban J connectivity index is 1.88. The Morgan fingerprint density at radius 2 is 1.64 bits per heavy atom. The van der Waals surface area contributed by atoms with Crippen molar-refractivity contribution in [1.82, 2.24) is 20.1 Å². The van der Waals surface area contributed by atoms with Crippen LogP contribution >= 0.6 is 21.8 Å². The van der Waals surface area contributed by atoms with Crippen molar-refractivity contribution < 1.29 is 42.5 Å². The molecule has 0 saturated heterocycles. The van der Waals surface area contributed by atoms with Gasteiger partial charge in [0.2, 0.25) is 5.91 Å². The highest BCUT2D eigenvalue weighted by atomic mass is 32.3. The van der Waals surface area contributed by atoms with E-state index in [-0.39, 0.29) is 30.2 Å². The Morgan fingerprint density at radius 3 is 2.27 bits per heavy atom. The molecule has 328 valence electrons. The summed E-state index contributed by atoms with van der Waals surface area (Å²) < 4.78 is 42.5. The van der Waals surface area contributed by atoms with Crippen molar-refractivity contribution >= 4 is 45.7 Å². The number of nitrogens with one attached hydrogen (secondary N) is 2. The molecule has 3 aromatic rings. The molecule has 0 aliphatic heterocycles. The van der Waals surface area contributed by atoms with Gasteiger partial charge in [0.1, 0.15) is 29.9 Å². The number of benzene rings is 2. The first kappa shape index (κ1) is 49.3. The minimum absolute atomic E-state index is 0.0819. The summed E-state index contributed by atoms with van der Waals surface area (Å²) in [6.07, 6.45) is 8.05. The summed E-state index contributed by atoms with van der Waals surface area (Å²) in [5.74, 6) is -2.01. The zero-order valence-electron chi connectivity index (χ0n) is 36.1. The zero-order chi connectivity index (χ0) is 44.0. The molecule has 15 heteroatoms. The molecule has 3 N–H and O–H groups in total. The maximum atomic E-state index is 15.2. The number of ether oxygens (including phenoxy) is 2. The fraction of sp³-hybridized carbons (Fsp3) is 0.545. The minimum atomic E-state index is -1.19. The van der Waals surface area contributed by atoms with E-state index in [2.05, 4.69) is 59.6 Å². The number of carbonyl (C=O) groups is 4. The van der Waals surface area contributed by atoms with Crippen LogP contribution in [0.3, 0.4) is 0 Å². The number of carbonyl (C=O) groups excluding carboxylic acids is 3. The van der Waals surface area contributed by atoms with Crippen LogP contribution in [0.2, 0.25) is 0 Å². The van der Waals surface area contributed by atoms with Gasteiger partial charge in [0.15, 0.2) is 0 Å². The van der Waals surface area contributed by atoms with Crippen molar-refractivity contribution in [2.75, 3.05) is 62.3 Å². The van der Waals surface area contributed by atoms with Gasteiger partial charge in [-0.05, 0) is 81.2 Å². The average molecular weight is 863 g/mol. The third-order valence-corrected chi connectivity index (χ3v) is 11.5. The Morgan fingerprint density at radius 1 is 0.949 bits per heavy atom. The van der Waals surface area contributed by atoms with E-state index < -0.39 is 62.7 Å². The molecule has 0 spiro atoms. The van der Waals surface area contributed by atoms with Crippen LogP contribution in [0, 0.1) is 17.0 Å². The summed E-state index contributed by atoms with van der Waals surface area (Å²) in [6, 6.07) is 13.7. The van der Waals surface area contributed by atoms with Gasteiger partial charge in [-0.25, -0.2) is 28.4 Å². The normalized spacial score (nSPS) is 13.4. The van der Waals surface area contributed by atoms with Crippen LogP contribution in [0.1, 0.15) is 78.1 Å². The second kappa shape index (κ2) is 22.5. The third-order valence-electron chi connectivity index (χ3n) is 9.07. The lowest BCUT2D eigenvalue weighted by atomic mass is 9.83. The molecule has 2 aromatic carbocycles. The third kappa shape index (κ3) is 18.0. The molecule has 0 fully saturated rings. The summed E-state index contributed by atoms with van der Waals surface area (Å²) in [6.45, 7) is 13.7. The number of nitrogens with zero attached hydrogens (tertiary/aromatic N) is 2. The number of rotatable bonds is 22. The fourth-order valence-electron chi connectivity index (χ4n) is 6.43. The van der Waals surface area contributed by atoms with Crippen LogP contribution in [0.15, 0.2) is 60.8 Å². The lowest BCUT2D eigenvalue weighted by molar-refractivity contribution is -0.155. The minimum Gasteiger partial charge on any atom is -0.480 e. The zero-order valence-corrected chi connectivity index (χ0v) is 37.7. The molecule has 0 saturated carbocycles. The number of esters is 1. The highest BCUT2D eigenvalue weighted by Crippen LogP contribution is 2.41. The van der Waals surface area contributed by atoms with Gasteiger partial charge in [-0.3, -0.25) is 14.5 Å². The maximum Gasteiger partial charge on any atom is 0.407 e. The van der Waals surface area contributed by atoms with Crippen molar-refractivity contribution in [3.63, 3.8) is 0 Å². The van der Waals surface area contributed by atoms with Crippen molar-refractivity contribution in [2.24, 2.45) is 5.41 Å². The molecule has 0 bridgehead atoms. The number of carboxylic acid groups (broad SMARTS) is 1. The van der Waals surface area contributed by atoms with Crippen LogP contribution < -0.4 is 10.6 Å². The average Bonchev–Trinajstić information content (AvgIpc) is 3.51. The molecule has 2 atom stereocenters. The van der Waals surface area contributed by atoms with Crippen LogP contribution in [0.25, 0.3) is 11.1 Å². The van der Waals surface area contributed by atoms with Crippen molar-refractivity contribution in [3.8, 4) is 11.1 Å². The summed E-state index contributed by atoms with van der Waals surface area (Å²) in [4.78, 5) is 51.8. The van der Waals surface area contributed by atoms with Gasteiger partial charge >= 0.3 is 18.0 Å². The monoisotopic (exact) mass is 862 g/mol. The van der Waals surface area contributed by atoms with Crippen LogP contribution in [0.5, 0.6) is 0 Å². The topological polar surface area (TPSA) is 139 Å². The molecule has 11 nitrogen and oxygen atoms in total. The Kier molecular flexibility index (Phi) is 18.8. The lowest BCUT2D eigenvalue weighted by Gasteiger charge is -2.41. The molecule has 0 unspecified atom stereocenters. The number of amides is 2. The number of thioether (sulfide) groups is 1. The number of carboxylic acids is 1. The van der Waals surface area contributed by atoms with Crippen LogP contribution in [-0.4, -0.2) is 112 Å². The molecule has 1 aromatic heterocycles. The smallest absolute Gasteiger partial charge is 0.407 e. The SMILES string of the molecule is CC(C)(C)OC(=O)CCC(=O)N[C@@H](CSCCN(CCCNC(=O)OCCS(C)(C)C)[C@@H](c1cc(-c2cc(F)ccc2F)cn1Cc1ccccc1)C(C)(C)C)C(=O)O. The standard InChI is InChI=1S/C44H64F2N4O7S2/c1-43(2,3)40(37-26-32(34-27-33(45)16-17-35(34)46)29-50(37)28-31-14-11-10-12-15-31)49(21-13-20-47-42(55)56-23-25-59(7,8)9)22-24-58-30-36(41(53)54)48-38(51)18-19-39(52)57-44(4,5)6/h10-12,14-17,26-27,29,36,40H,13,18-25,28,30H2,1-9H3,(H,47,55)(H,48,51)(H,53,54)/t36-,40-/m0/s1. The number of hydrogen-bond donors (Lipinski definition) is 3. The van der Waals surface area contributed by atoms with Gasteiger partial charge in [-0.1, -0.05) is 51.1 Å². The van der Waals surface area contributed by atoms with Crippen molar-refractivity contribution in [3.05, 3.63) is 83.7 Å². The molecular weight excluding hydrogens is 799 g/mol. The highest BCUT2D eigenvalue weighted by Gasteiger charge is 2.35. The van der Waals surface area contributed by atoms with E-state index in [1.807, 2.05) is 42.6 Å². The molecule has 2 amide bonds. The number of hydrogen-bond acceptors (Lipinski definition) is 8. The first-order chi connectivity index (χ1) is 27.5. The number of halogens is 2. The van der Waals surface area contributed by atoms with E-state index in [9.17, 15) is 28.7 Å². The highest BCUT2D eigenvalue weighted by molar-refractivity contribution is 8.32. The van der Waals surface area contributed by atoms with Gasteiger partial charge in [0.25, 0.3) is 0 Å². The molecular formula is C44H64F2N4O7S2. The molecule has 59 heavy (non-hydrogen) atoms. The lowest BCUT2D eigenvalue weighted by Crippen LogP contribution is -2.43. The summed E-state index contributed by atoms with van der Waals surface area (Å²) >= 11 is 1.37. The second-order valence-corrected chi connectivity index (χ2v) is 23.3. The molecule has 0 aliphatic carbocycles. The van der Waals surface area contributed by atoms with Gasteiger partial charge in [0, 0.05) is 72.9 Å². The second-order valence-electron chi connectivity index (χ2n) is 17.5. The fourth-order valence-corrected chi connectivity index (χ4v) is 8.00. The number of alkyl carbamates (subject to hydrolysis) is 1. The Labute approximate surface area is 354 Å². The van der Waals surface area contributed by atoms with Gasteiger partial charge in [0.05, 0.1) is 12.5 Å². The van der Waals surface area contributed by atoms with E-state index in [0.29, 0.717) is 50.5 Å².